The maximum absolute atomic E-state index is 13.3. The van der Waals surface area contributed by atoms with Crippen LogP contribution in [0.1, 0.15) is 12.2 Å². The minimum Gasteiger partial charge on any atom is -0.327 e. The van der Waals surface area contributed by atoms with Crippen LogP contribution in [0, 0.1) is 5.82 Å². The van der Waals surface area contributed by atoms with Crippen molar-refractivity contribution in [3.63, 3.8) is 0 Å². The average Bonchev–Trinajstić information content (AvgIpc) is 3.29. The lowest BCUT2D eigenvalue weighted by atomic mass is 10.1. The average molecular weight is 318 g/mol. The van der Waals surface area contributed by atoms with Gasteiger partial charge in [-0.2, -0.15) is 0 Å². The van der Waals surface area contributed by atoms with E-state index in [1.165, 1.54) is 12.1 Å². The molecule has 0 saturated carbocycles. The molecule has 4 nitrogen and oxygen atoms in total. The maximum atomic E-state index is 13.3. The van der Waals surface area contributed by atoms with Gasteiger partial charge < -0.3 is 8.97 Å². The van der Waals surface area contributed by atoms with Crippen LogP contribution in [0.2, 0.25) is 0 Å². The van der Waals surface area contributed by atoms with E-state index in [2.05, 4.69) is 21.8 Å². The minimum absolute atomic E-state index is 0.230. The largest absolute Gasteiger partial charge is 0.327 e. The Balaban J connectivity index is 1.75. The van der Waals surface area contributed by atoms with Gasteiger partial charge in [0.1, 0.15) is 17.3 Å². The highest BCUT2D eigenvalue weighted by Crippen LogP contribution is 2.35. The molecule has 0 radical (unpaired) electrons. The van der Waals surface area contributed by atoms with Crippen LogP contribution in [0.15, 0.2) is 55.0 Å². The van der Waals surface area contributed by atoms with E-state index >= 15 is 0 Å². The molecule has 1 aliphatic rings. The Morgan fingerprint density at radius 3 is 2.71 bits per heavy atom. The fourth-order valence-corrected chi connectivity index (χ4v) is 3.49. The number of aryl methyl sites for hydroxylation is 1. The van der Waals surface area contributed by atoms with E-state index in [4.69, 9.17) is 4.98 Å². The predicted molar refractivity (Wildman–Crippen MR) is 90.1 cm³/mol. The summed E-state index contributed by atoms with van der Waals surface area (Å²) < 4.78 is 17.6. The first kappa shape index (κ1) is 13.5. The molecule has 0 saturated heterocycles. The molecule has 1 aliphatic heterocycles. The van der Waals surface area contributed by atoms with Gasteiger partial charge in [-0.15, -0.1) is 0 Å². The summed E-state index contributed by atoms with van der Waals surface area (Å²) in [4.78, 5) is 9.15. The van der Waals surface area contributed by atoms with Gasteiger partial charge in [0.05, 0.1) is 11.4 Å². The van der Waals surface area contributed by atoms with Crippen molar-refractivity contribution in [2.45, 2.75) is 19.4 Å². The predicted octanol–water partition coefficient (Wildman–Crippen LogP) is 3.95. The Labute approximate surface area is 138 Å². The van der Waals surface area contributed by atoms with Gasteiger partial charge in [-0.25, -0.2) is 14.4 Å². The molecule has 0 unspecified atom stereocenters. The fourth-order valence-electron chi connectivity index (χ4n) is 3.49. The van der Waals surface area contributed by atoms with Crippen LogP contribution in [0.5, 0.6) is 0 Å². The molecule has 5 heteroatoms. The summed E-state index contributed by atoms with van der Waals surface area (Å²) in [5.74, 6) is 0.877. The summed E-state index contributed by atoms with van der Waals surface area (Å²) in [7, 11) is 0. The Morgan fingerprint density at radius 1 is 1.00 bits per heavy atom. The molecule has 0 fully saturated rings. The van der Waals surface area contributed by atoms with Crippen molar-refractivity contribution >= 4 is 5.65 Å². The third-order valence-corrected chi connectivity index (χ3v) is 4.61. The normalized spacial score (nSPS) is 13.5. The Bertz CT molecular complexity index is 1040. The molecule has 0 spiro atoms. The second-order valence-corrected chi connectivity index (χ2v) is 6.10. The monoisotopic (exact) mass is 318 g/mol. The summed E-state index contributed by atoms with van der Waals surface area (Å²) in [5.41, 5.74) is 4.98. The van der Waals surface area contributed by atoms with Crippen molar-refractivity contribution in [3.05, 3.63) is 66.6 Å². The number of hydrogen-bond acceptors (Lipinski definition) is 2. The number of benzene rings is 1. The summed E-state index contributed by atoms with van der Waals surface area (Å²) >= 11 is 0. The van der Waals surface area contributed by atoms with Crippen LogP contribution in [-0.2, 0) is 13.0 Å². The molecular weight excluding hydrogens is 303 g/mol. The summed E-state index contributed by atoms with van der Waals surface area (Å²) in [6.45, 7) is 0.973. The number of imidazole rings is 2. The number of hydrogen-bond donors (Lipinski definition) is 0. The highest BCUT2D eigenvalue weighted by molar-refractivity contribution is 5.79. The van der Waals surface area contributed by atoms with Crippen LogP contribution in [0.4, 0.5) is 4.39 Å². The van der Waals surface area contributed by atoms with Crippen molar-refractivity contribution in [1.82, 2.24) is 18.9 Å². The lowest BCUT2D eigenvalue weighted by Crippen LogP contribution is -1.97. The van der Waals surface area contributed by atoms with E-state index in [0.717, 1.165) is 53.4 Å². The molecule has 4 aromatic rings. The smallest absolute Gasteiger partial charge is 0.136 e. The number of pyridine rings is 1. The molecule has 118 valence electrons. The van der Waals surface area contributed by atoms with Gasteiger partial charge >= 0.3 is 0 Å². The molecular formula is C19H15FN4. The Morgan fingerprint density at radius 2 is 1.83 bits per heavy atom. The highest BCUT2D eigenvalue weighted by atomic mass is 19.1. The fraction of sp³-hybridized carbons (Fsp3) is 0.158. The van der Waals surface area contributed by atoms with Gasteiger partial charge in [0.25, 0.3) is 0 Å². The van der Waals surface area contributed by atoms with E-state index in [-0.39, 0.29) is 5.82 Å². The van der Waals surface area contributed by atoms with E-state index in [1.807, 2.05) is 16.7 Å². The van der Waals surface area contributed by atoms with Gasteiger partial charge in [-0.3, -0.25) is 0 Å². The number of fused-ring (bicyclic) bond motifs is 2. The van der Waals surface area contributed by atoms with Gasteiger partial charge in [-0.1, -0.05) is 0 Å². The van der Waals surface area contributed by atoms with Gasteiger partial charge in [-0.05, 0) is 42.8 Å². The third kappa shape index (κ3) is 1.98. The zero-order valence-electron chi connectivity index (χ0n) is 13.0. The number of nitrogens with zero attached hydrogens (tertiary/aromatic N) is 4. The quantitative estimate of drug-likeness (QED) is 0.561. The van der Waals surface area contributed by atoms with E-state index in [0.29, 0.717) is 0 Å². The first-order valence-electron chi connectivity index (χ1n) is 8.08. The van der Waals surface area contributed by atoms with Crippen LogP contribution >= 0.6 is 0 Å². The lowest BCUT2D eigenvalue weighted by molar-refractivity contribution is 0.628. The number of rotatable bonds is 2. The van der Waals surface area contributed by atoms with E-state index in [1.54, 1.807) is 18.3 Å². The van der Waals surface area contributed by atoms with Crippen LogP contribution in [-0.4, -0.2) is 18.9 Å². The first-order valence-corrected chi connectivity index (χ1v) is 8.08. The minimum atomic E-state index is -0.230. The second-order valence-electron chi connectivity index (χ2n) is 6.10. The van der Waals surface area contributed by atoms with Crippen molar-refractivity contribution < 1.29 is 4.39 Å². The van der Waals surface area contributed by atoms with Crippen LogP contribution in [0.25, 0.3) is 28.2 Å². The summed E-state index contributed by atoms with van der Waals surface area (Å²) in [6.07, 6.45) is 7.92. The van der Waals surface area contributed by atoms with Crippen molar-refractivity contribution in [2.75, 3.05) is 0 Å². The maximum Gasteiger partial charge on any atom is 0.136 e. The molecule has 24 heavy (non-hydrogen) atoms. The molecule has 0 aliphatic carbocycles. The Hall–Kier alpha value is -2.95. The standard InChI is InChI=1S/C19H15FN4/c20-15-6-3-13(4-7-15)18-19(24-10-1-2-17(24)22-18)14-5-8-16-21-9-11-23(16)12-14/h3-9,11-12H,1-2,10H2. The SMILES string of the molecule is Fc1ccc(-c2nc3n(c2-c2ccc4nccn4c2)CCC3)cc1. The molecule has 0 amide bonds. The first-order chi connectivity index (χ1) is 11.8. The lowest BCUT2D eigenvalue weighted by Gasteiger charge is -2.09. The van der Waals surface area contributed by atoms with Gasteiger partial charge in [0.15, 0.2) is 0 Å². The molecule has 0 N–H and O–H groups in total. The Kier molecular flexibility index (Phi) is 2.82. The van der Waals surface area contributed by atoms with Gasteiger partial charge in [0, 0.05) is 42.7 Å². The van der Waals surface area contributed by atoms with E-state index in [9.17, 15) is 4.39 Å². The summed E-state index contributed by atoms with van der Waals surface area (Å²) in [6, 6.07) is 10.7. The van der Waals surface area contributed by atoms with E-state index < -0.39 is 0 Å². The van der Waals surface area contributed by atoms with Crippen LogP contribution < -0.4 is 0 Å². The topological polar surface area (TPSA) is 35.1 Å². The molecule has 3 aromatic heterocycles. The number of halogens is 1. The molecule has 5 rings (SSSR count). The van der Waals surface area contributed by atoms with Crippen molar-refractivity contribution in [1.29, 1.82) is 0 Å². The molecule has 0 bridgehead atoms. The molecule has 0 atom stereocenters. The second kappa shape index (κ2) is 5.03. The zero-order chi connectivity index (χ0) is 16.1. The van der Waals surface area contributed by atoms with Crippen molar-refractivity contribution in [3.8, 4) is 22.5 Å². The number of aromatic nitrogens is 4. The van der Waals surface area contributed by atoms with Crippen molar-refractivity contribution in [2.24, 2.45) is 0 Å². The molecule has 4 heterocycles. The summed E-state index contributed by atoms with van der Waals surface area (Å²) in [5, 5.41) is 0. The van der Waals surface area contributed by atoms with Gasteiger partial charge in [0.2, 0.25) is 0 Å². The molecule has 1 aromatic carbocycles. The highest BCUT2D eigenvalue weighted by Gasteiger charge is 2.23. The van der Waals surface area contributed by atoms with Crippen LogP contribution in [0.3, 0.4) is 0 Å². The third-order valence-electron chi connectivity index (χ3n) is 4.61. The zero-order valence-corrected chi connectivity index (χ0v) is 13.0.